The number of aryl methyl sites for hydroxylation is 1. The fourth-order valence-corrected chi connectivity index (χ4v) is 1.75. The zero-order chi connectivity index (χ0) is 11.7. The minimum absolute atomic E-state index is 0.133. The van der Waals surface area contributed by atoms with E-state index < -0.39 is 0 Å². The molecule has 2 N–H and O–H groups in total. The summed E-state index contributed by atoms with van der Waals surface area (Å²) in [6.45, 7) is 3.76. The molecule has 0 radical (unpaired) electrons. The van der Waals surface area contributed by atoms with E-state index in [1.54, 1.807) is 0 Å². The second kappa shape index (κ2) is 3.80. The van der Waals surface area contributed by atoms with Crippen molar-refractivity contribution in [2.24, 2.45) is 5.16 Å². The highest BCUT2D eigenvalue weighted by molar-refractivity contribution is 5.86. The zero-order valence-electron chi connectivity index (χ0n) is 9.06. The largest absolute Gasteiger partial charge is 0.411 e. The Balaban J connectivity index is 2.84. The third-order valence-electron chi connectivity index (χ3n) is 2.56. The third-order valence-corrected chi connectivity index (χ3v) is 2.56. The first-order chi connectivity index (χ1) is 7.69. The van der Waals surface area contributed by atoms with E-state index in [4.69, 9.17) is 5.21 Å². The van der Waals surface area contributed by atoms with Crippen molar-refractivity contribution in [3.05, 3.63) is 33.4 Å². The molecule has 84 valence electrons. The Bertz CT molecular complexity index is 609. The van der Waals surface area contributed by atoms with E-state index in [1.807, 2.05) is 13.8 Å². The van der Waals surface area contributed by atoms with Crippen molar-refractivity contribution in [1.82, 2.24) is 14.6 Å². The quantitative estimate of drug-likeness (QED) is 0.444. The number of aromatic nitrogens is 3. The molecule has 0 aliphatic carbocycles. The number of hydrogen-bond donors (Lipinski definition) is 2. The van der Waals surface area contributed by atoms with Gasteiger partial charge >= 0.3 is 0 Å². The van der Waals surface area contributed by atoms with E-state index >= 15 is 0 Å². The van der Waals surface area contributed by atoms with E-state index in [0.717, 1.165) is 5.69 Å². The molecule has 0 fully saturated rings. The topological polar surface area (TPSA) is 82.8 Å². The Morgan fingerprint density at radius 3 is 3.06 bits per heavy atom. The number of oxime groups is 1. The number of nitrogens with zero attached hydrogens (tertiary/aromatic N) is 3. The van der Waals surface area contributed by atoms with Gasteiger partial charge in [0.15, 0.2) is 0 Å². The minimum atomic E-state index is -0.133. The van der Waals surface area contributed by atoms with Crippen LogP contribution in [0.5, 0.6) is 0 Å². The van der Waals surface area contributed by atoms with Crippen LogP contribution in [0.2, 0.25) is 0 Å². The van der Waals surface area contributed by atoms with Gasteiger partial charge in [-0.3, -0.25) is 4.79 Å². The zero-order valence-corrected chi connectivity index (χ0v) is 9.06. The molecule has 0 aromatic carbocycles. The summed E-state index contributed by atoms with van der Waals surface area (Å²) in [4.78, 5) is 15.1. The van der Waals surface area contributed by atoms with E-state index in [2.05, 4.69) is 15.2 Å². The lowest BCUT2D eigenvalue weighted by Crippen LogP contribution is -2.21. The molecule has 0 spiro atoms. The standard InChI is InChI=1S/C10H12N4O2/c1-3-8-6(2)13-9-7(5-12-16)4-11-14(9)10(8)15/h4-5,13,16H,3H2,1-2H3. The van der Waals surface area contributed by atoms with E-state index in [0.29, 0.717) is 23.2 Å². The normalized spacial score (nSPS) is 11.6. The van der Waals surface area contributed by atoms with Gasteiger partial charge in [-0.2, -0.15) is 9.61 Å². The summed E-state index contributed by atoms with van der Waals surface area (Å²) in [6.07, 6.45) is 3.37. The Morgan fingerprint density at radius 2 is 2.44 bits per heavy atom. The van der Waals surface area contributed by atoms with Gasteiger partial charge in [0.25, 0.3) is 5.56 Å². The first kappa shape index (κ1) is 10.4. The minimum Gasteiger partial charge on any atom is -0.411 e. The Kier molecular flexibility index (Phi) is 2.47. The van der Waals surface area contributed by atoms with Crippen LogP contribution in [0, 0.1) is 6.92 Å². The van der Waals surface area contributed by atoms with Crippen LogP contribution in [0.3, 0.4) is 0 Å². The third kappa shape index (κ3) is 1.39. The molecule has 6 nitrogen and oxygen atoms in total. The van der Waals surface area contributed by atoms with Crippen LogP contribution in [0.15, 0.2) is 16.1 Å². The molecular weight excluding hydrogens is 208 g/mol. The molecule has 0 aliphatic heterocycles. The van der Waals surface area contributed by atoms with Crippen molar-refractivity contribution in [2.45, 2.75) is 20.3 Å². The first-order valence-corrected chi connectivity index (χ1v) is 4.96. The second-order valence-corrected chi connectivity index (χ2v) is 3.49. The molecular formula is C10H12N4O2. The van der Waals surface area contributed by atoms with Crippen molar-refractivity contribution in [1.29, 1.82) is 0 Å². The molecule has 0 aliphatic rings. The molecule has 0 saturated carbocycles. The SMILES string of the molecule is CCc1c(C)[nH]c2c(C=NO)cnn2c1=O. The summed E-state index contributed by atoms with van der Waals surface area (Å²) < 4.78 is 1.28. The molecule has 2 heterocycles. The second-order valence-electron chi connectivity index (χ2n) is 3.49. The van der Waals surface area contributed by atoms with E-state index in [1.165, 1.54) is 16.9 Å². The summed E-state index contributed by atoms with van der Waals surface area (Å²) in [5.41, 5.74) is 2.50. The highest BCUT2D eigenvalue weighted by Crippen LogP contribution is 2.07. The molecule has 16 heavy (non-hydrogen) atoms. The van der Waals surface area contributed by atoms with E-state index in [-0.39, 0.29) is 5.56 Å². The van der Waals surface area contributed by atoms with Crippen LogP contribution in [0.4, 0.5) is 0 Å². The summed E-state index contributed by atoms with van der Waals surface area (Å²) in [5, 5.41) is 15.4. The molecule has 2 rings (SSSR count). The van der Waals surface area contributed by atoms with Crippen LogP contribution in [-0.2, 0) is 6.42 Å². The average Bonchev–Trinajstić information content (AvgIpc) is 2.63. The van der Waals surface area contributed by atoms with Crippen LogP contribution >= 0.6 is 0 Å². The molecule has 0 bridgehead atoms. The van der Waals surface area contributed by atoms with Gasteiger partial charge in [-0.25, -0.2) is 0 Å². The van der Waals surface area contributed by atoms with Crippen LogP contribution in [0.1, 0.15) is 23.7 Å². The van der Waals surface area contributed by atoms with Crippen molar-refractivity contribution in [3.8, 4) is 0 Å². The maximum atomic E-state index is 12.0. The Hall–Kier alpha value is -2.11. The van der Waals surface area contributed by atoms with Crippen molar-refractivity contribution in [2.75, 3.05) is 0 Å². The maximum absolute atomic E-state index is 12.0. The summed E-state index contributed by atoms with van der Waals surface area (Å²) in [5.74, 6) is 0. The fourth-order valence-electron chi connectivity index (χ4n) is 1.75. The maximum Gasteiger partial charge on any atom is 0.277 e. The summed E-state index contributed by atoms with van der Waals surface area (Å²) >= 11 is 0. The molecule has 6 heteroatoms. The van der Waals surface area contributed by atoms with Crippen molar-refractivity contribution < 1.29 is 5.21 Å². The van der Waals surface area contributed by atoms with Gasteiger partial charge in [-0.15, -0.1) is 0 Å². The highest BCUT2D eigenvalue weighted by atomic mass is 16.4. The predicted octanol–water partition coefficient (Wildman–Crippen LogP) is 0.702. The number of nitrogens with one attached hydrogen (secondary N) is 1. The number of aromatic amines is 1. The number of rotatable bonds is 2. The van der Waals surface area contributed by atoms with Gasteiger partial charge in [0.2, 0.25) is 0 Å². The Labute approximate surface area is 91.2 Å². The summed E-state index contributed by atoms with van der Waals surface area (Å²) in [7, 11) is 0. The first-order valence-electron chi connectivity index (χ1n) is 4.96. The smallest absolute Gasteiger partial charge is 0.277 e. The fraction of sp³-hybridized carbons (Fsp3) is 0.300. The van der Waals surface area contributed by atoms with E-state index in [9.17, 15) is 4.79 Å². The van der Waals surface area contributed by atoms with Crippen molar-refractivity contribution in [3.63, 3.8) is 0 Å². The lowest BCUT2D eigenvalue weighted by molar-refractivity contribution is 0.322. The number of fused-ring (bicyclic) bond motifs is 1. The number of hydrogen-bond acceptors (Lipinski definition) is 4. The van der Waals surface area contributed by atoms with Gasteiger partial charge in [-0.1, -0.05) is 12.1 Å². The number of H-pyrrole nitrogens is 1. The van der Waals surface area contributed by atoms with Crippen LogP contribution in [0.25, 0.3) is 5.65 Å². The average molecular weight is 220 g/mol. The van der Waals surface area contributed by atoms with Gasteiger partial charge < -0.3 is 10.2 Å². The molecule has 2 aromatic heterocycles. The molecule has 0 atom stereocenters. The van der Waals surface area contributed by atoms with Crippen molar-refractivity contribution >= 4 is 11.9 Å². The Morgan fingerprint density at radius 1 is 1.69 bits per heavy atom. The molecule has 2 aromatic rings. The van der Waals surface area contributed by atoms with Gasteiger partial charge in [0.05, 0.1) is 18.0 Å². The van der Waals surface area contributed by atoms with Gasteiger partial charge in [0.1, 0.15) is 5.65 Å². The van der Waals surface area contributed by atoms with Gasteiger partial charge in [0, 0.05) is 11.3 Å². The molecule has 0 amide bonds. The molecule has 0 saturated heterocycles. The highest BCUT2D eigenvalue weighted by Gasteiger charge is 2.10. The predicted molar refractivity (Wildman–Crippen MR) is 59.3 cm³/mol. The lowest BCUT2D eigenvalue weighted by atomic mass is 10.2. The van der Waals surface area contributed by atoms with Gasteiger partial charge in [-0.05, 0) is 13.3 Å². The lowest BCUT2D eigenvalue weighted by Gasteiger charge is -2.03. The van der Waals surface area contributed by atoms with Crippen LogP contribution in [-0.4, -0.2) is 26.0 Å². The monoisotopic (exact) mass is 220 g/mol. The van der Waals surface area contributed by atoms with Crippen LogP contribution < -0.4 is 5.56 Å². The molecule has 0 unspecified atom stereocenters. The summed E-state index contributed by atoms with van der Waals surface area (Å²) in [6, 6.07) is 0.